The van der Waals surface area contributed by atoms with Crippen LogP contribution in [0.25, 0.3) is 0 Å². The molecule has 80 valence electrons. The first-order valence-corrected chi connectivity index (χ1v) is 4.55. The number of nitrogens with two attached hydrogens (primary N) is 1. The number of rotatable bonds is 3. The van der Waals surface area contributed by atoms with E-state index in [0.717, 1.165) is 11.8 Å². The van der Waals surface area contributed by atoms with Crippen molar-refractivity contribution in [1.82, 2.24) is 0 Å². The SMILES string of the molecule is NOCc1ccc(C=O)c2c1OCCO2. The van der Waals surface area contributed by atoms with Gasteiger partial charge in [0.15, 0.2) is 17.8 Å². The topological polar surface area (TPSA) is 70.8 Å². The number of carbonyl (C=O) groups excluding carboxylic acids is 1. The lowest BCUT2D eigenvalue weighted by atomic mass is 10.1. The Hall–Kier alpha value is -1.59. The maximum atomic E-state index is 10.8. The first-order valence-electron chi connectivity index (χ1n) is 4.55. The Morgan fingerprint density at radius 1 is 1.33 bits per heavy atom. The van der Waals surface area contributed by atoms with Crippen LogP contribution in [0.15, 0.2) is 12.1 Å². The van der Waals surface area contributed by atoms with Gasteiger partial charge in [0.05, 0.1) is 12.2 Å². The van der Waals surface area contributed by atoms with Gasteiger partial charge in [-0.25, -0.2) is 5.90 Å². The van der Waals surface area contributed by atoms with Crippen LogP contribution in [-0.2, 0) is 11.4 Å². The van der Waals surface area contributed by atoms with Gasteiger partial charge in [0.25, 0.3) is 0 Å². The molecule has 1 aliphatic rings. The van der Waals surface area contributed by atoms with E-state index in [4.69, 9.17) is 15.4 Å². The molecule has 2 rings (SSSR count). The van der Waals surface area contributed by atoms with E-state index in [9.17, 15) is 4.79 Å². The summed E-state index contributed by atoms with van der Waals surface area (Å²) < 4.78 is 10.8. The van der Waals surface area contributed by atoms with Crippen molar-refractivity contribution in [1.29, 1.82) is 0 Å². The first-order chi connectivity index (χ1) is 7.36. The molecule has 0 fully saturated rings. The van der Waals surface area contributed by atoms with E-state index in [2.05, 4.69) is 4.84 Å². The van der Waals surface area contributed by atoms with E-state index in [-0.39, 0.29) is 6.61 Å². The van der Waals surface area contributed by atoms with Gasteiger partial charge in [0.2, 0.25) is 0 Å². The zero-order valence-corrected chi connectivity index (χ0v) is 8.06. The second-order valence-electron chi connectivity index (χ2n) is 3.10. The highest BCUT2D eigenvalue weighted by atomic mass is 16.6. The molecule has 5 heteroatoms. The van der Waals surface area contributed by atoms with Crippen LogP contribution in [0, 0.1) is 0 Å². The summed E-state index contributed by atoms with van der Waals surface area (Å²) in [4.78, 5) is 15.3. The van der Waals surface area contributed by atoms with Gasteiger partial charge in [-0.2, -0.15) is 0 Å². The summed E-state index contributed by atoms with van der Waals surface area (Å²) in [6.07, 6.45) is 0.737. The molecule has 0 unspecified atom stereocenters. The third-order valence-corrected chi connectivity index (χ3v) is 2.17. The van der Waals surface area contributed by atoms with Crippen molar-refractivity contribution in [3.05, 3.63) is 23.3 Å². The third-order valence-electron chi connectivity index (χ3n) is 2.17. The molecule has 0 aliphatic carbocycles. The van der Waals surface area contributed by atoms with Crippen LogP contribution in [0.1, 0.15) is 15.9 Å². The van der Waals surface area contributed by atoms with Crippen molar-refractivity contribution >= 4 is 6.29 Å². The summed E-state index contributed by atoms with van der Waals surface area (Å²) in [5, 5.41) is 0. The van der Waals surface area contributed by atoms with E-state index in [1.54, 1.807) is 12.1 Å². The van der Waals surface area contributed by atoms with Crippen molar-refractivity contribution in [2.24, 2.45) is 5.90 Å². The molecule has 0 saturated carbocycles. The summed E-state index contributed by atoms with van der Waals surface area (Å²) >= 11 is 0. The van der Waals surface area contributed by atoms with Gasteiger partial charge in [0.1, 0.15) is 13.2 Å². The van der Waals surface area contributed by atoms with Gasteiger partial charge in [-0.15, -0.1) is 0 Å². The molecule has 0 spiro atoms. The molecule has 1 aromatic rings. The summed E-state index contributed by atoms with van der Waals surface area (Å²) in [5.74, 6) is 6.03. The average Bonchev–Trinajstić information content (AvgIpc) is 2.30. The normalized spacial score (nSPS) is 13.7. The zero-order chi connectivity index (χ0) is 10.7. The smallest absolute Gasteiger partial charge is 0.172 e. The predicted molar refractivity (Wildman–Crippen MR) is 51.8 cm³/mol. The van der Waals surface area contributed by atoms with Crippen LogP contribution < -0.4 is 15.4 Å². The fourth-order valence-electron chi connectivity index (χ4n) is 1.51. The van der Waals surface area contributed by atoms with Gasteiger partial charge in [-0.3, -0.25) is 9.63 Å². The molecule has 1 aromatic carbocycles. The van der Waals surface area contributed by atoms with Gasteiger partial charge in [-0.05, 0) is 6.07 Å². The Morgan fingerprint density at radius 2 is 2.07 bits per heavy atom. The summed E-state index contributed by atoms with van der Waals surface area (Å²) in [7, 11) is 0. The number of hydrogen-bond donors (Lipinski definition) is 1. The van der Waals surface area contributed by atoms with Crippen LogP contribution in [0.4, 0.5) is 0 Å². The fraction of sp³-hybridized carbons (Fsp3) is 0.300. The van der Waals surface area contributed by atoms with E-state index >= 15 is 0 Å². The summed E-state index contributed by atoms with van der Waals surface area (Å²) in [6, 6.07) is 3.40. The summed E-state index contributed by atoms with van der Waals surface area (Å²) in [6.45, 7) is 1.14. The van der Waals surface area contributed by atoms with Gasteiger partial charge in [0, 0.05) is 5.56 Å². The lowest BCUT2D eigenvalue weighted by Crippen LogP contribution is -2.18. The Morgan fingerprint density at radius 3 is 2.73 bits per heavy atom. The molecule has 1 aliphatic heterocycles. The average molecular weight is 209 g/mol. The molecule has 5 nitrogen and oxygen atoms in total. The zero-order valence-electron chi connectivity index (χ0n) is 8.06. The number of carbonyl (C=O) groups is 1. The monoisotopic (exact) mass is 209 g/mol. The van der Waals surface area contributed by atoms with Crippen LogP contribution in [0.3, 0.4) is 0 Å². The molecule has 0 amide bonds. The molecular weight excluding hydrogens is 198 g/mol. The largest absolute Gasteiger partial charge is 0.486 e. The van der Waals surface area contributed by atoms with E-state index in [1.807, 2.05) is 0 Å². The highest BCUT2D eigenvalue weighted by molar-refractivity contribution is 5.82. The number of benzene rings is 1. The Bertz CT molecular complexity index is 378. The van der Waals surface area contributed by atoms with Crippen LogP contribution >= 0.6 is 0 Å². The van der Waals surface area contributed by atoms with Crippen LogP contribution in [0.5, 0.6) is 11.5 Å². The van der Waals surface area contributed by atoms with E-state index in [0.29, 0.717) is 30.3 Å². The third kappa shape index (κ3) is 1.79. The lowest BCUT2D eigenvalue weighted by molar-refractivity contribution is 0.109. The van der Waals surface area contributed by atoms with Crippen molar-refractivity contribution < 1.29 is 19.1 Å². The molecule has 0 aromatic heterocycles. The van der Waals surface area contributed by atoms with Crippen molar-refractivity contribution in [2.45, 2.75) is 6.61 Å². The molecule has 1 heterocycles. The quantitative estimate of drug-likeness (QED) is 0.585. The molecule has 0 bridgehead atoms. The Labute approximate surface area is 86.7 Å². The van der Waals surface area contributed by atoms with E-state index < -0.39 is 0 Å². The number of hydrogen-bond acceptors (Lipinski definition) is 5. The molecule has 2 N–H and O–H groups in total. The predicted octanol–water partition coefficient (Wildman–Crippen LogP) is 0.661. The first kappa shape index (κ1) is 9.95. The van der Waals surface area contributed by atoms with Crippen molar-refractivity contribution in [3.63, 3.8) is 0 Å². The van der Waals surface area contributed by atoms with Gasteiger partial charge in [-0.1, -0.05) is 6.07 Å². The Balaban J connectivity index is 2.47. The second kappa shape index (κ2) is 4.29. The number of aldehydes is 1. The summed E-state index contributed by atoms with van der Waals surface area (Å²) in [5.41, 5.74) is 1.25. The lowest BCUT2D eigenvalue weighted by Gasteiger charge is -2.21. The highest BCUT2D eigenvalue weighted by Gasteiger charge is 2.19. The van der Waals surface area contributed by atoms with Crippen molar-refractivity contribution in [2.75, 3.05) is 13.2 Å². The number of ether oxygens (including phenoxy) is 2. The van der Waals surface area contributed by atoms with Crippen molar-refractivity contribution in [3.8, 4) is 11.5 Å². The molecular formula is C10H11NO4. The minimum Gasteiger partial charge on any atom is -0.486 e. The Kier molecular flexibility index (Phi) is 2.84. The molecule has 0 atom stereocenters. The maximum Gasteiger partial charge on any atom is 0.172 e. The fourth-order valence-corrected chi connectivity index (χ4v) is 1.51. The standard InChI is InChI=1S/C10H11NO4/c11-15-6-8-2-1-7(5-12)9-10(8)14-4-3-13-9/h1-2,5H,3-4,6,11H2. The maximum absolute atomic E-state index is 10.8. The molecule has 0 saturated heterocycles. The second-order valence-corrected chi connectivity index (χ2v) is 3.10. The molecule has 15 heavy (non-hydrogen) atoms. The number of fused-ring (bicyclic) bond motifs is 1. The minimum atomic E-state index is 0.227. The van der Waals surface area contributed by atoms with E-state index in [1.165, 1.54) is 0 Å². The van der Waals surface area contributed by atoms with Gasteiger partial charge < -0.3 is 9.47 Å². The van der Waals surface area contributed by atoms with Crippen LogP contribution in [0.2, 0.25) is 0 Å². The van der Waals surface area contributed by atoms with Gasteiger partial charge >= 0.3 is 0 Å². The highest BCUT2D eigenvalue weighted by Crippen LogP contribution is 2.36. The minimum absolute atomic E-state index is 0.227. The molecule has 0 radical (unpaired) electrons. The van der Waals surface area contributed by atoms with Crippen LogP contribution in [-0.4, -0.2) is 19.5 Å².